The molecule has 0 aliphatic rings. The Kier molecular flexibility index (Phi) is 5.59. The quantitative estimate of drug-likeness (QED) is 0.697. The third-order valence-corrected chi connectivity index (χ3v) is 2.31. The van der Waals surface area contributed by atoms with Crippen LogP contribution in [0.4, 0.5) is 13.2 Å². The van der Waals surface area contributed by atoms with Gasteiger partial charge in [-0.2, -0.15) is 0 Å². The number of unbranched alkanes of at least 4 members (excludes halogenated alkanes) is 2. The van der Waals surface area contributed by atoms with E-state index in [1.165, 1.54) is 12.1 Å². The maximum Gasteiger partial charge on any atom is 0.573 e. The smallest absolute Gasteiger partial charge is 0.493 e. The van der Waals surface area contributed by atoms with Gasteiger partial charge in [-0.15, -0.1) is 13.2 Å². The fraction of sp³-hybridized carbons (Fsp3) is 0.500. The maximum atomic E-state index is 12.1. The molecular weight excluding hydrogens is 269 g/mol. The molecule has 0 fully saturated rings. The van der Waals surface area contributed by atoms with Crippen molar-refractivity contribution >= 4 is 11.6 Å². The van der Waals surface area contributed by atoms with Gasteiger partial charge in [0.05, 0.1) is 6.61 Å². The van der Waals surface area contributed by atoms with E-state index in [0.717, 1.165) is 25.3 Å². The summed E-state index contributed by atoms with van der Waals surface area (Å²) in [6.07, 6.45) is -1.84. The highest BCUT2D eigenvalue weighted by molar-refractivity contribution is 6.30. The van der Waals surface area contributed by atoms with Crippen LogP contribution >= 0.6 is 11.6 Å². The maximum absolute atomic E-state index is 12.1. The first kappa shape index (κ1) is 15.0. The molecule has 0 aromatic heterocycles. The lowest BCUT2D eigenvalue weighted by Gasteiger charge is -2.11. The van der Waals surface area contributed by atoms with Crippen LogP contribution in [-0.2, 0) is 0 Å². The van der Waals surface area contributed by atoms with Gasteiger partial charge in [-0.3, -0.25) is 0 Å². The van der Waals surface area contributed by atoms with Crippen LogP contribution in [-0.4, -0.2) is 13.0 Å². The molecule has 0 bridgehead atoms. The molecule has 0 unspecified atom stereocenters. The van der Waals surface area contributed by atoms with Crippen molar-refractivity contribution in [2.45, 2.75) is 32.5 Å². The van der Waals surface area contributed by atoms with Crippen LogP contribution in [0.3, 0.4) is 0 Å². The van der Waals surface area contributed by atoms with E-state index < -0.39 is 6.36 Å². The van der Waals surface area contributed by atoms with Gasteiger partial charge in [-0.05, 0) is 18.6 Å². The summed E-state index contributed by atoms with van der Waals surface area (Å²) in [4.78, 5) is 0. The third kappa shape index (κ3) is 6.00. The minimum absolute atomic E-state index is 0.141. The van der Waals surface area contributed by atoms with Crippen LogP contribution in [0.5, 0.6) is 11.5 Å². The van der Waals surface area contributed by atoms with Crippen molar-refractivity contribution in [1.82, 2.24) is 0 Å². The lowest BCUT2D eigenvalue weighted by atomic mass is 10.3. The van der Waals surface area contributed by atoms with Gasteiger partial charge >= 0.3 is 6.36 Å². The average Bonchev–Trinajstić information content (AvgIpc) is 2.21. The summed E-state index contributed by atoms with van der Waals surface area (Å²) in [6.45, 7) is 2.49. The fourth-order valence-corrected chi connectivity index (χ4v) is 1.57. The number of alkyl halides is 3. The summed E-state index contributed by atoms with van der Waals surface area (Å²) in [6, 6.07) is 3.72. The minimum Gasteiger partial charge on any atom is -0.493 e. The van der Waals surface area contributed by atoms with Crippen molar-refractivity contribution in [3.05, 3.63) is 23.2 Å². The topological polar surface area (TPSA) is 18.5 Å². The van der Waals surface area contributed by atoms with Crippen LogP contribution in [0, 0.1) is 0 Å². The molecule has 1 aromatic rings. The van der Waals surface area contributed by atoms with Crippen LogP contribution in [0.15, 0.2) is 18.2 Å². The summed E-state index contributed by atoms with van der Waals surface area (Å²) in [5.74, 6) is -0.0988. The van der Waals surface area contributed by atoms with E-state index in [2.05, 4.69) is 11.7 Å². The Morgan fingerprint density at radius 3 is 2.39 bits per heavy atom. The first-order valence-corrected chi connectivity index (χ1v) is 5.97. The normalized spacial score (nSPS) is 11.4. The Hall–Kier alpha value is -1.10. The fourth-order valence-electron chi connectivity index (χ4n) is 1.35. The van der Waals surface area contributed by atoms with Gasteiger partial charge in [-0.25, -0.2) is 0 Å². The first-order chi connectivity index (χ1) is 8.40. The van der Waals surface area contributed by atoms with Crippen LogP contribution in [0.25, 0.3) is 0 Å². The summed E-state index contributed by atoms with van der Waals surface area (Å²) in [5, 5.41) is 0.141. The molecule has 102 valence electrons. The lowest BCUT2D eigenvalue weighted by Crippen LogP contribution is -2.17. The Morgan fingerprint density at radius 2 is 1.78 bits per heavy atom. The van der Waals surface area contributed by atoms with E-state index in [4.69, 9.17) is 16.3 Å². The molecule has 0 aliphatic heterocycles. The zero-order chi connectivity index (χ0) is 13.6. The van der Waals surface area contributed by atoms with E-state index in [9.17, 15) is 13.2 Å². The van der Waals surface area contributed by atoms with Gasteiger partial charge in [0.25, 0.3) is 0 Å². The second-order valence-corrected chi connectivity index (χ2v) is 4.16. The monoisotopic (exact) mass is 282 g/mol. The summed E-state index contributed by atoms with van der Waals surface area (Å²) in [5.41, 5.74) is 0. The zero-order valence-corrected chi connectivity index (χ0v) is 10.6. The molecule has 0 heterocycles. The number of ether oxygens (including phenoxy) is 2. The van der Waals surface area contributed by atoms with Crippen molar-refractivity contribution in [2.75, 3.05) is 6.61 Å². The molecule has 1 aromatic carbocycles. The van der Waals surface area contributed by atoms with E-state index >= 15 is 0 Å². The van der Waals surface area contributed by atoms with Crippen molar-refractivity contribution in [3.8, 4) is 11.5 Å². The molecule has 6 heteroatoms. The molecule has 2 nitrogen and oxygen atoms in total. The van der Waals surface area contributed by atoms with E-state index in [0.29, 0.717) is 6.61 Å². The number of halogens is 4. The molecular formula is C12H14ClF3O2. The summed E-state index contributed by atoms with van der Waals surface area (Å²) in [7, 11) is 0. The largest absolute Gasteiger partial charge is 0.573 e. The molecule has 0 spiro atoms. The third-order valence-electron chi connectivity index (χ3n) is 2.10. The Labute approximate surface area is 109 Å². The van der Waals surface area contributed by atoms with Crippen molar-refractivity contribution < 1.29 is 22.6 Å². The first-order valence-electron chi connectivity index (χ1n) is 5.60. The molecule has 0 amide bonds. The van der Waals surface area contributed by atoms with Gasteiger partial charge in [-0.1, -0.05) is 31.4 Å². The standard InChI is InChI=1S/C12H14ClF3O2/c1-2-3-4-5-17-10-6-9(13)7-11(8-10)18-12(14,15)16/h6-8H,2-5H2,1H3. The molecule has 0 N–H and O–H groups in total. The van der Waals surface area contributed by atoms with Crippen LogP contribution in [0.2, 0.25) is 5.02 Å². The van der Waals surface area contributed by atoms with E-state index in [-0.39, 0.29) is 16.5 Å². The molecule has 0 aliphatic carbocycles. The Morgan fingerprint density at radius 1 is 1.11 bits per heavy atom. The predicted octanol–water partition coefficient (Wildman–Crippen LogP) is 4.81. The van der Waals surface area contributed by atoms with E-state index in [1.54, 1.807) is 0 Å². The average molecular weight is 283 g/mol. The molecule has 0 radical (unpaired) electrons. The Bertz CT molecular complexity index is 380. The minimum atomic E-state index is -4.73. The summed E-state index contributed by atoms with van der Waals surface area (Å²) >= 11 is 5.69. The highest BCUT2D eigenvalue weighted by Crippen LogP contribution is 2.30. The van der Waals surface area contributed by atoms with Gasteiger partial charge in [0, 0.05) is 11.1 Å². The highest BCUT2D eigenvalue weighted by Gasteiger charge is 2.31. The van der Waals surface area contributed by atoms with Crippen molar-refractivity contribution in [3.63, 3.8) is 0 Å². The highest BCUT2D eigenvalue weighted by atomic mass is 35.5. The number of benzene rings is 1. The molecule has 0 atom stereocenters. The van der Waals surface area contributed by atoms with Gasteiger partial charge < -0.3 is 9.47 Å². The summed E-state index contributed by atoms with van der Waals surface area (Å²) < 4.78 is 45.3. The molecule has 18 heavy (non-hydrogen) atoms. The molecule has 1 rings (SSSR count). The van der Waals surface area contributed by atoms with Gasteiger partial charge in [0.15, 0.2) is 0 Å². The van der Waals surface area contributed by atoms with Gasteiger partial charge in [0.1, 0.15) is 11.5 Å². The number of hydrogen-bond donors (Lipinski definition) is 0. The number of hydrogen-bond acceptors (Lipinski definition) is 2. The lowest BCUT2D eigenvalue weighted by molar-refractivity contribution is -0.274. The SMILES string of the molecule is CCCCCOc1cc(Cl)cc(OC(F)(F)F)c1. The van der Waals surface area contributed by atoms with E-state index in [1.807, 2.05) is 0 Å². The molecule has 0 saturated carbocycles. The van der Waals surface area contributed by atoms with Crippen LogP contribution < -0.4 is 9.47 Å². The second-order valence-electron chi connectivity index (χ2n) is 3.73. The Balaban J connectivity index is 2.63. The zero-order valence-electron chi connectivity index (χ0n) is 9.89. The number of rotatable bonds is 6. The van der Waals surface area contributed by atoms with Crippen molar-refractivity contribution in [1.29, 1.82) is 0 Å². The van der Waals surface area contributed by atoms with Crippen LogP contribution in [0.1, 0.15) is 26.2 Å². The second kappa shape index (κ2) is 6.73. The van der Waals surface area contributed by atoms with Gasteiger partial charge in [0.2, 0.25) is 0 Å². The molecule has 0 saturated heterocycles. The van der Waals surface area contributed by atoms with Crippen molar-refractivity contribution in [2.24, 2.45) is 0 Å². The predicted molar refractivity (Wildman–Crippen MR) is 63.2 cm³/mol.